The Hall–Kier alpha value is -0.830. The second-order valence-electron chi connectivity index (χ2n) is 2.15. The van der Waals surface area contributed by atoms with Gasteiger partial charge in [-0.25, -0.2) is 4.39 Å². The minimum Gasteiger partial charge on any atom is -0.351 e. The van der Waals surface area contributed by atoms with Gasteiger partial charge in [-0.1, -0.05) is 0 Å². The molecule has 0 saturated heterocycles. The molecule has 0 aliphatic carbocycles. The summed E-state index contributed by atoms with van der Waals surface area (Å²) in [5.74, 6) is 0. The van der Waals surface area contributed by atoms with Gasteiger partial charge >= 0.3 is 0 Å². The summed E-state index contributed by atoms with van der Waals surface area (Å²) in [6, 6.07) is 1.90. The second-order valence-corrected chi connectivity index (χ2v) is 2.15. The van der Waals surface area contributed by atoms with Crippen LogP contribution in [0.1, 0.15) is 5.56 Å². The lowest BCUT2D eigenvalue weighted by atomic mass is 10.4. The number of hydrogen-bond acceptors (Lipinski definition) is 1. The van der Waals surface area contributed by atoms with Gasteiger partial charge in [0, 0.05) is 18.9 Å². The average Bonchev–Trinajstić information content (AvgIpc) is 2.37. The molecule has 0 radical (unpaired) electrons. The predicted molar refractivity (Wildman–Crippen MR) is 38.3 cm³/mol. The van der Waals surface area contributed by atoms with E-state index in [0.29, 0.717) is 13.1 Å². The maximum Gasteiger partial charge on any atom is 0.107 e. The molecule has 1 aromatic heterocycles. The van der Waals surface area contributed by atoms with Crippen molar-refractivity contribution >= 4 is 0 Å². The molecule has 2 nitrogen and oxygen atoms in total. The number of aryl methyl sites for hydroxylation is 1. The van der Waals surface area contributed by atoms with Crippen molar-refractivity contribution in [2.75, 3.05) is 6.67 Å². The topological polar surface area (TPSA) is 30.9 Å². The highest BCUT2D eigenvalue weighted by Crippen LogP contribution is 1.99. The fourth-order valence-electron chi connectivity index (χ4n) is 0.848. The van der Waals surface area contributed by atoms with Gasteiger partial charge in [-0.2, -0.15) is 0 Å². The van der Waals surface area contributed by atoms with Gasteiger partial charge in [0.2, 0.25) is 0 Å². The molecule has 2 N–H and O–H groups in total. The standard InChI is InChI=1S/C7H11FN2/c8-2-4-10-3-1-7(5-9)6-10/h1,3,6H,2,4-5,9H2. The van der Waals surface area contributed by atoms with Crippen molar-refractivity contribution in [3.8, 4) is 0 Å². The summed E-state index contributed by atoms with van der Waals surface area (Å²) in [6.45, 7) is 0.637. The van der Waals surface area contributed by atoms with E-state index in [9.17, 15) is 4.39 Å². The molecule has 56 valence electrons. The number of halogens is 1. The monoisotopic (exact) mass is 142 g/mol. The zero-order chi connectivity index (χ0) is 7.40. The minimum atomic E-state index is -0.321. The maximum atomic E-state index is 11.7. The lowest BCUT2D eigenvalue weighted by molar-refractivity contribution is 0.446. The van der Waals surface area contributed by atoms with Crippen LogP contribution >= 0.6 is 0 Å². The predicted octanol–water partition coefficient (Wildman–Crippen LogP) is 0.916. The number of alkyl halides is 1. The first-order valence-corrected chi connectivity index (χ1v) is 3.27. The summed E-state index contributed by atoms with van der Waals surface area (Å²) >= 11 is 0. The van der Waals surface area contributed by atoms with Crippen LogP contribution in [0, 0.1) is 0 Å². The molecule has 0 atom stereocenters. The van der Waals surface area contributed by atoms with Crippen LogP contribution in [-0.2, 0) is 13.1 Å². The molecule has 1 aromatic rings. The fraction of sp³-hybridized carbons (Fsp3) is 0.429. The van der Waals surface area contributed by atoms with E-state index >= 15 is 0 Å². The highest BCUT2D eigenvalue weighted by molar-refractivity contribution is 5.09. The Morgan fingerprint density at radius 2 is 2.40 bits per heavy atom. The van der Waals surface area contributed by atoms with Crippen molar-refractivity contribution in [3.63, 3.8) is 0 Å². The number of rotatable bonds is 3. The van der Waals surface area contributed by atoms with E-state index < -0.39 is 0 Å². The van der Waals surface area contributed by atoms with Crippen molar-refractivity contribution in [2.45, 2.75) is 13.1 Å². The molecule has 0 aliphatic rings. The second kappa shape index (κ2) is 3.37. The third-order valence-electron chi connectivity index (χ3n) is 1.39. The number of aromatic nitrogens is 1. The van der Waals surface area contributed by atoms with E-state index in [1.807, 2.05) is 18.5 Å². The highest BCUT2D eigenvalue weighted by atomic mass is 19.1. The smallest absolute Gasteiger partial charge is 0.107 e. The van der Waals surface area contributed by atoms with Crippen molar-refractivity contribution < 1.29 is 4.39 Å². The van der Waals surface area contributed by atoms with Crippen LogP contribution in [0.4, 0.5) is 4.39 Å². The van der Waals surface area contributed by atoms with E-state index in [0.717, 1.165) is 5.56 Å². The summed E-state index contributed by atoms with van der Waals surface area (Å²) in [5, 5.41) is 0. The van der Waals surface area contributed by atoms with Gasteiger partial charge in [-0.15, -0.1) is 0 Å². The lowest BCUT2D eigenvalue weighted by Crippen LogP contribution is -1.97. The molecular formula is C7H11FN2. The number of nitrogens with zero attached hydrogens (tertiary/aromatic N) is 1. The zero-order valence-corrected chi connectivity index (χ0v) is 5.76. The van der Waals surface area contributed by atoms with Gasteiger partial charge < -0.3 is 10.3 Å². The molecule has 10 heavy (non-hydrogen) atoms. The minimum absolute atomic E-state index is 0.321. The molecule has 0 spiro atoms. The van der Waals surface area contributed by atoms with Gasteiger partial charge in [0.05, 0.1) is 6.54 Å². The third-order valence-corrected chi connectivity index (χ3v) is 1.39. The highest BCUT2D eigenvalue weighted by Gasteiger charge is 1.92. The van der Waals surface area contributed by atoms with Crippen LogP contribution in [0.3, 0.4) is 0 Å². The molecule has 0 aliphatic heterocycles. The van der Waals surface area contributed by atoms with Crippen LogP contribution in [0.25, 0.3) is 0 Å². The van der Waals surface area contributed by atoms with Crippen LogP contribution in [-0.4, -0.2) is 11.2 Å². The summed E-state index contributed by atoms with van der Waals surface area (Å²) < 4.78 is 13.5. The molecule has 0 unspecified atom stereocenters. The van der Waals surface area contributed by atoms with Gasteiger partial charge in [0.1, 0.15) is 6.67 Å². The summed E-state index contributed by atoms with van der Waals surface area (Å²) in [4.78, 5) is 0. The van der Waals surface area contributed by atoms with Crippen LogP contribution in [0.5, 0.6) is 0 Å². The fourth-order valence-corrected chi connectivity index (χ4v) is 0.848. The van der Waals surface area contributed by atoms with Crippen molar-refractivity contribution in [3.05, 3.63) is 24.0 Å². The summed E-state index contributed by atoms with van der Waals surface area (Å²) in [6.07, 6.45) is 3.70. The van der Waals surface area contributed by atoms with E-state index in [-0.39, 0.29) is 6.67 Å². The molecule has 0 fully saturated rings. The van der Waals surface area contributed by atoms with Crippen molar-refractivity contribution in [1.82, 2.24) is 4.57 Å². The lowest BCUT2D eigenvalue weighted by Gasteiger charge is -1.94. The van der Waals surface area contributed by atoms with Crippen LogP contribution < -0.4 is 5.73 Å². The molecule has 0 aromatic carbocycles. The van der Waals surface area contributed by atoms with E-state index in [1.165, 1.54) is 0 Å². The summed E-state index contributed by atoms with van der Waals surface area (Å²) in [7, 11) is 0. The number of hydrogen-bond donors (Lipinski definition) is 1. The molecule has 0 amide bonds. The first-order chi connectivity index (χ1) is 4.86. The summed E-state index contributed by atoms with van der Waals surface area (Å²) in [5.41, 5.74) is 6.40. The SMILES string of the molecule is NCc1ccn(CCF)c1. The quantitative estimate of drug-likeness (QED) is 0.668. The Kier molecular flexibility index (Phi) is 2.45. The molecule has 3 heteroatoms. The Morgan fingerprint density at radius 3 is 2.90 bits per heavy atom. The van der Waals surface area contributed by atoms with Gasteiger partial charge in [-0.3, -0.25) is 0 Å². The van der Waals surface area contributed by atoms with E-state index in [1.54, 1.807) is 4.57 Å². The molecule has 1 heterocycles. The zero-order valence-electron chi connectivity index (χ0n) is 5.76. The number of nitrogens with two attached hydrogens (primary N) is 1. The van der Waals surface area contributed by atoms with E-state index in [4.69, 9.17) is 5.73 Å². The molecule has 0 bridgehead atoms. The van der Waals surface area contributed by atoms with Gasteiger partial charge in [-0.05, 0) is 11.6 Å². The van der Waals surface area contributed by atoms with Gasteiger partial charge in [0.15, 0.2) is 0 Å². The maximum absolute atomic E-state index is 11.7. The Balaban J connectivity index is 2.59. The Bertz CT molecular complexity index is 195. The van der Waals surface area contributed by atoms with Crippen LogP contribution in [0.2, 0.25) is 0 Å². The molecule has 1 rings (SSSR count). The third kappa shape index (κ3) is 1.57. The average molecular weight is 142 g/mol. The first-order valence-electron chi connectivity index (χ1n) is 3.27. The van der Waals surface area contributed by atoms with Crippen molar-refractivity contribution in [1.29, 1.82) is 0 Å². The normalized spacial score (nSPS) is 10.2. The van der Waals surface area contributed by atoms with Crippen LogP contribution in [0.15, 0.2) is 18.5 Å². The van der Waals surface area contributed by atoms with Crippen molar-refractivity contribution in [2.24, 2.45) is 5.73 Å². The molecular weight excluding hydrogens is 131 g/mol. The Morgan fingerprint density at radius 1 is 1.60 bits per heavy atom. The Labute approximate surface area is 59.5 Å². The largest absolute Gasteiger partial charge is 0.351 e. The molecule has 0 saturated carbocycles. The first kappa shape index (κ1) is 7.28. The van der Waals surface area contributed by atoms with E-state index in [2.05, 4.69) is 0 Å². The van der Waals surface area contributed by atoms with Gasteiger partial charge in [0.25, 0.3) is 0 Å².